The number of aliphatic hydroxyl groups is 1. The highest BCUT2D eigenvalue weighted by Gasteiger charge is 2.29. The number of likely N-dealkylation sites (tertiary alicyclic amines) is 1. The molecule has 0 unspecified atom stereocenters. The highest BCUT2D eigenvalue weighted by molar-refractivity contribution is 7.09. The van der Waals surface area contributed by atoms with Crippen molar-refractivity contribution in [2.45, 2.75) is 25.2 Å². The summed E-state index contributed by atoms with van der Waals surface area (Å²) in [6.45, 7) is 2.30. The molecule has 0 aliphatic carbocycles. The van der Waals surface area contributed by atoms with Gasteiger partial charge in [-0.25, -0.2) is 4.98 Å². The standard InChI is InChI=1S/C15H17ClN2O2S/c16-11-1-3-12(4-2-11)20-14-5-7-18(9-13(14)19)10-15-17-6-8-21-15/h1-4,6,8,13-14,19H,5,7,9-10H2/t13-,14-/m1/s1. The minimum atomic E-state index is -0.491. The van der Waals surface area contributed by atoms with E-state index in [-0.39, 0.29) is 6.10 Å². The number of halogens is 1. The van der Waals surface area contributed by atoms with E-state index in [2.05, 4.69) is 9.88 Å². The van der Waals surface area contributed by atoms with E-state index in [0.717, 1.165) is 30.3 Å². The molecule has 0 saturated carbocycles. The number of nitrogens with zero attached hydrogens (tertiary/aromatic N) is 2. The molecular weight excluding hydrogens is 308 g/mol. The van der Waals surface area contributed by atoms with E-state index < -0.39 is 6.10 Å². The van der Waals surface area contributed by atoms with Gasteiger partial charge in [-0.3, -0.25) is 4.90 Å². The highest BCUT2D eigenvalue weighted by atomic mass is 35.5. The molecule has 0 amide bonds. The van der Waals surface area contributed by atoms with Crippen LogP contribution in [0.1, 0.15) is 11.4 Å². The number of aromatic nitrogens is 1. The van der Waals surface area contributed by atoms with Gasteiger partial charge in [0.25, 0.3) is 0 Å². The number of hydrogen-bond acceptors (Lipinski definition) is 5. The van der Waals surface area contributed by atoms with Gasteiger partial charge >= 0.3 is 0 Å². The number of β-amino-alcohol motifs (C(OH)–C–C–N with tert-alkyl or cyclic N) is 1. The van der Waals surface area contributed by atoms with Crippen LogP contribution in [-0.4, -0.2) is 40.3 Å². The molecule has 21 heavy (non-hydrogen) atoms. The van der Waals surface area contributed by atoms with Gasteiger partial charge in [-0.2, -0.15) is 0 Å². The zero-order valence-corrected chi connectivity index (χ0v) is 13.1. The lowest BCUT2D eigenvalue weighted by molar-refractivity contribution is -0.0275. The summed E-state index contributed by atoms with van der Waals surface area (Å²) in [5.74, 6) is 0.747. The molecule has 1 fully saturated rings. The molecule has 0 radical (unpaired) electrons. The minimum Gasteiger partial charge on any atom is -0.488 e. The van der Waals surface area contributed by atoms with E-state index in [1.165, 1.54) is 0 Å². The minimum absolute atomic E-state index is 0.168. The summed E-state index contributed by atoms with van der Waals surface area (Å²) in [5, 5.41) is 14.0. The van der Waals surface area contributed by atoms with E-state index in [1.54, 1.807) is 23.5 Å². The number of piperidine rings is 1. The summed E-state index contributed by atoms with van der Waals surface area (Å²) in [5.41, 5.74) is 0. The smallest absolute Gasteiger partial charge is 0.127 e. The molecule has 1 aliphatic heterocycles. The summed E-state index contributed by atoms with van der Waals surface area (Å²) < 4.78 is 5.86. The zero-order valence-electron chi connectivity index (χ0n) is 11.5. The molecule has 0 spiro atoms. The van der Waals surface area contributed by atoms with E-state index in [0.29, 0.717) is 11.6 Å². The van der Waals surface area contributed by atoms with Gasteiger partial charge in [0.05, 0.1) is 6.54 Å². The number of aliphatic hydroxyl groups excluding tert-OH is 1. The summed E-state index contributed by atoms with van der Waals surface area (Å²) in [6.07, 6.45) is 1.95. The van der Waals surface area contributed by atoms with Crippen LogP contribution in [-0.2, 0) is 6.54 Å². The fraction of sp³-hybridized carbons (Fsp3) is 0.400. The van der Waals surface area contributed by atoms with Crippen LogP contribution >= 0.6 is 22.9 Å². The maximum Gasteiger partial charge on any atom is 0.127 e. The SMILES string of the molecule is O[C@@H]1CN(Cc2nccs2)CC[C@H]1Oc1ccc(Cl)cc1. The summed E-state index contributed by atoms with van der Waals surface area (Å²) in [7, 11) is 0. The first-order valence-corrected chi connectivity index (χ1v) is 8.17. The van der Waals surface area contributed by atoms with Crippen LogP contribution in [0.4, 0.5) is 0 Å². The maximum absolute atomic E-state index is 10.3. The average Bonchev–Trinajstić information content (AvgIpc) is 2.97. The molecule has 2 aromatic rings. The van der Waals surface area contributed by atoms with Crippen molar-refractivity contribution < 1.29 is 9.84 Å². The van der Waals surface area contributed by atoms with Gasteiger partial charge in [0.2, 0.25) is 0 Å². The molecule has 1 N–H and O–H groups in total. The summed E-state index contributed by atoms with van der Waals surface area (Å²) >= 11 is 7.50. The Bertz CT molecular complexity index is 562. The Morgan fingerprint density at radius 1 is 1.38 bits per heavy atom. The first-order valence-electron chi connectivity index (χ1n) is 6.92. The Hall–Kier alpha value is -1.14. The van der Waals surface area contributed by atoms with Crippen LogP contribution in [0.3, 0.4) is 0 Å². The van der Waals surface area contributed by atoms with Crippen molar-refractivity contribution in [1.29, 1.82) is 0 Å². The van der Waals surface area contributed by atoms with E-state index in [4.69, 9.17) is 16.3 Å². The molecule has 2 atom stereocenters. The summed E-state index contributed by atoms with van der Waals surface area (Å²) in [6, 6.07) is 7.25. The van der Waals surface area contributed by atoms with E-state index in [1.807, 2.05) is 23.7 Å². The van der Waals surface area contributed by atoms with Crippen molar-refractivity contribution in [2.24, 2.45) is 0 Å². The van der Waals surface area contributed by atoms with Crippen molar-refractivity contribution in [3.05, 3.63) is 45.9 Å². The third-order valence-corrected chi connectivity index (χ3v) is 4.56. The van der Waals surface area contributed by atoms with Gasteiger partial charge in [-0.15, -0.1) is 11.3 Å². The Morgan fingerprint density at radius 2 is 2.19 bits per heavy atom. The summed E-state index contributed by atoms with van der Waals surface area (Å²) in [4.78, 5) is 6.50. The van der Waals surface area contributed by atoms with Crippen LogP contribution in [0.15, 0.2) is 35.8 Å². The predicted octanol–water partition coefficient (Wildman–Crippen LogP) is 2.81. The second-order valence-corrected chi connectivity index (χ2v) is 6.54. The second kappa shape index (κ2) is 6.75. The van der Waals surface area contributed by atoms with Gasteiger partial charge in [-0.1, -0.05) is 11.6 Å². The fourth-order valence-electron chi connectivity index (χ4n) is 2.47. The first kappa shape index (κ1) is 14.8. The molecule has 1 saturated heterocycles. The van der Waals surface area contributed by atoms with Crippen molar-refractivity contribution >= 4 is 22.9 Å². The van der Waals surface area contributed by atoms with Crippen LogP contribution in [0.2, 0.25) is 5.02 Å². The highest BCUT2D eigenvalue weighted by Crippen LogP contribution is 2.22. The molecule has 1 aromatic carbocycles. The van der Waals surface area contributed by atoms with Crippen LogP contribution in [0, 0.1) is 0 Å². The lowest BCUT2D eigenvalue weighted by Gasteiger charge is -2.35. The molecule has 2 heterocycles. The fourth-order valence-corrected chi connectivity index (χ4v) is 3.25. The lowest BCUT2D eigenvalue weighted by atomic mass is 10.0. The number of rotatable bonds is 4. The second-order valence-electron chi connectivity index (χ2n) is 5.13. The monoisotopic (exact) mass is 324 g/mol. The maximum atomic E-state index is 10.3. The molecule has 0 bridgehead atoms. The number of ether oxygens (including phenoxy) is 1. The molecule has 3 rings (SSSR count). The van der Waals surface area contributed by atoms with Crippen molar-refractivity contribution in [1.82, 2.24) is 9.88 Å². The van der Waals surface area contributed by atoms with Gasteiger partial charge < -0.3 is 9.84 Å². The Labute approximate surface area is 133 Å². The number of hydrogen-bond donors (Lipinski definition) is 1. The Balaban J connectivity index is 1.54. The molecule has 4 nitrogen and oxygen atoms in total. The number of benzene rings is 1. The van der Waals surface area contributed by atoms with E-state index in [9.17, 15) is 5.11 Å². The first-order chi connectivity index (χ1) is 10.2. The molecule has 112 valence electrons. The predicted molar refractivity (Wildman–Crippen MR) is 83.9 cm³/mol. The largest absolute Gasteiger partial charge is 0.488 e. The molecule has 6 heteroatoms. The van der Waals surface area contributed by atoms with Crippen LogP contribution in [0.25, 0.3) is 0 Å². The Kier molecular flexibility index (Phi) is 4.75. The van der Waals surface area contributed by atoms with Crippen molar-refractivity contribution in [2.75, 3.05) is 13.1 Å². The van der Waals surface area contributed by atoms with Gasteiger partial charge in [0, 0.05) is 29.7 Å². The van der Waals surface area contributed by atoms with Crippen LogP contribution < -0.4 is 4.74 Å². The average molecular weight is 325 g/mol. The van der Waals surface area contributed by atoms with Crippen molar-refractivity contribution in [3.8, 4) is 5.75 Å². The van der Waals surface area contributed by atoms with Crippen molar-refractivity contribution in [3.63, 3.8) is 0 Å². The third kappa shape index (κ3) is 3.95. The molecule has 1 aliphatic rings. The molecule has 1 aromatic heterocycles. The van der Waals surface area contributed by atoms with Gasteiger partial charge in [-0.05, 0) is 30.7 Å². The van der Waals surface area contributed by atoms with Gasteiger partial charge in [0.1, 0.15) is 23.0 Å². The third-order valence-electron chi connectivity index (χ3n) is 3.55. The molecular formula is C15H17ClN2O2S. The van der Waals surface area contributed by atoms with E-state index >= 15 is 0 Å². The zero-order chi connectivity index (χ0) is 14.7. The van der Waals surface area contributed by atoms with Crippen LogP contribution in [0.5, 0.6) is 5.75 Å². The van der Waals surface area contributed by atoms with Gasteiger partial charge in [0.15, 0.2) is 0 Å². The topological polar surface area (TPSA) is 45.6 Å². The quantitative estimate of drug-likeness (QED) is 0.939. The normalized spacial score (nSPS) is 23.1. The number of thiazole rings is 1. The lowest BCUT2D eigenvalue weighted by Crippen LogP contribution is -2.48. The Morgan fingerprint density at radius 3 is 2.86 bits per heavy atom.